The molecule has 0 aliphatic heterocycles. The molecule has 0 amide bonds. The van der Waals surface area contributed by atoms with E-state index in [-0.39, 0.29) is 5.41 Å². The summed E-state index contributed by atoms with van der Waals surface area (Å²) in [4.78, 5) is 4.50. The van der Waals surface area contributed by atoms with Crippen LogP contribution in [-0.4, -0.2) is 11.5 Å². The Morgan fingerprint density at radius 3 is 2.33 bits per heavy atom. The topological polar surface area (TPSA) is 24.9 Å². The number of aromatic nitrogens is 1. The van der Waals surface area contributed by atoms with Gasteiger partial charge in [-0.25, -0.2) is 4.98 Å². The van der Waals surface area contributed by atoms with Gasteiger partial charge in [0.1, 0.15) is 5.82 Å². The first-order valence-electron chi connectivity index (χ1n) is 7.72. The Morgan fingerprint density at radius 1 is 1.05 bits per heavy atom. The van der Waals surface area contributed by atoms with Crippen LogP contribution in [-0.2, 0) is 5.41 Å². The molecule has 0 spiro atoms. The van der Waals surface area contributed by atoms with Crippen molar-refractivity contribution in [1.82, 2.24) is 4.98 Å². The molecule has 2 nitrogen and oxygen atoms in total. The fourth-order valence-electron chi connectivity index (χ4n) is 2.31. The number of rotatable bonds is 5. The summed E-state index contributed by atoms with van der Waals surface area (Å²) in [7, 11) is 0. The van der Waals surface area contributed by atoms with Gasteiger partial charge in [0.2, 0.25) is 0 Å². The molecule has 112 valence electrons. The molecule has 2 heteroatoms. The summed E-state index contributed by atoms with van der Waals surface area (Å²) in [6.45, 7) is 9.83. The Kier molecular flexibility index (Phi) is 5.00. The summed E-state index contributed by atoms with van der Waals surface area (Å²) in [5.74, 6) is 1.52. The minimum absolute atomic E-state index is 0.160. The van der Waals surface area contributed by atoms with Gasteiger partial charge in [0.15, 0.2) is 0 Å². The molecule has 1 atom stereocenters. The smallest absolute Gasteiger partial charge is 0.125 e. The van der Waals surface area contributed by atoms with Crippen LogP contribution in [0.15, 0.2) is 48.7 Å². The van der Waals surface area contributed by atoms with E-state index < -0.39 is 0 Å². The molecule has 0 bridgehead atoms. The summed E-state index contributed by atoms with van der Waals surface area (Å²) >= 11 is 0. The zero-order chi connectivity index (χ0) is 15.3. The maximum atomic E-state index is 4.50. The van der Waals surface area contributed by atoms with Gasteiger partial charge >= 0.3 is 0 Å². The van der Waals surface area contributed by atoms with Gasteiger partial charge in [-0.05, 0) is 34.9 Å². The lowest BCUT2D eigenvalue weighted by atomic mass is 9.88. The van der Waals surface area contributed by atoms with Gasteiger partial charge in [0, 0.05) is 12.7 Å². The molecule has 2 aromatic rings. The molecule has 1 unspecified atom stereocenters. The van der Waals surface area contributed by atoms with Crippen molar-refractivity contribution in [3.05, 3.63) is 59.8 Å². The summed E-state index contributed by atoms with van der Waals surface area (Å²) in [5.41, 5.74) is 2.83. The van der Waals surface area contributed by atoms with Crippen LogP contribution in [0.2, 0.25) is 0 Å². The van der Waals surface area contributed by atoms with E-state index in [0.717, 1.165) is 18.8 Å². The highest BCUT2D eigenvalue weighted by atomic mass is 15.0. The summed E-state index contributed by atoms with van der Waals surface area (Å²) in [6, 6.07) is 14.9. The third-order valence-electron chi connectivity index (χ3n) is 3.88. The van der Waals surface area contributed by atoms with Crippen LogP contribution in [0.3, 0.4) is 0 Å². The van der Waals surface area contributed by atoms with Crippen molar-refractivity contribution in [1.29, 1.82) is 0 Å². The number of hydrogen-bond acceptors (Lipinski definition) is 2. The molecule has 1 N–H and O–H groups in total. The molecule has 0 aliphatic carbocycles. The van der Waals surface area contributed by atoms with Crippen LogP contribution in [0.1, 0.15) is 51.2 Å². The van der Waals surface area contributed by atoms with Crippen molar-refractivity contribution in [3.63, 3.8) is 0 Å². The molecule has 2 rings (SSSR count). The van der Waals surface area contributed by atoms with Crippen LogP contribution in [0.5, 0.6) is 0 Å². The SMILES string of the molecule is CC(CCNc1ccc(C(C)(C)C)cn1)c1ccccc1. The summed E-state index contributed by atoms with van der Waals surface area (Å²) < 4.78 is 0. The number of hydrogen-bond donors (Lipinski definition) is 1. The Morgan fingerprint density at radius 2 is 1.76 bits per heavy atom. The van der Waals surface area contributed by atoms with E-state index in [1.165, 1.54) is 11.1 Å². The van der Waals surface area contributed by atoms with Gasteiger partial charge in [-0.2, -0.15) is 0 Å². The average Bonchev–Trinajstić information content (AvgIpc) is 2.47. The monoisotopic (exact) mass is 282 g/mol. The fourth-order valence-corrected chi connectivity index (χ4v) is 2.31. The van der Waals surface area contributed by atoms with E-state index in [1.807, 2.05) is 6.20 Å². The molecule has 0 saturated carbocycles. The highest BCUT2D eigenvalue weighted by Gasteiger charge is 2.13. The van der Waals surface area contributed by atoms with Crippen LogP contribution in [0.25, 0.3) is 0 Å². The van der Waals surface area contributed by atoms with E-state index in [2.05, 4.69) is 80.5 Å². The van der Waals surface area contributed by atoms with E-state index in [4.69, 9.17) is 0 Å². The molecule has 0 fully saturated rings. The minimum atomic E-state index is 0.160. The second kappa shape index (κ2) is 6.75. The second-order valence-corrected chi connectivity index (χ2v) is 6.71. The number of pyridine rings is 1. The van der Waals surface area contributed by atoms with Crippen LogP contribution in [0.4, 0.5) is 5.82 Å². The largest absolute Gasteiger partial charge is 0.370 e. The van der Waals surface area contributed by atoms with Crippen LogP contribution < -0.4 is 5.32 Å². The zero-order valence-corrected chi connectivity index (χ0v) is 13.6. The van der Waals surface area contributed by atoms with Gasteiger partial charge in [0.25, 0.3) is 0 Å². The molecular weight excluding hydrogens is 256 g/mol. The average molecular weight is 282 g/mol. The number of anilines is 1. The van der Waals surface area contributed by atoms with Crippen molar-refractivity contribution < 1.29 is 0 Å². The Hall–Kier alpha value is -1.83. The van der Waals surface area contributed by atoms with E-state index >= 15 is 0 Å². The zero-order valence-electron chi connectivity index (χ0n) is 13.6. The van der Waals surface area contributed by atoms with Crippen LogP contribution >= 0.6 is 0 Å². The van der Waals surface area contributed by atoms with Crippen molar-refractivity contribution >= 4 is 5.82 Å². The van der Waals surface area contributed by atoms with Gasteiger partial charge in [-0.1, -0.05) is 64.1 Å². The van der Waals surface area contributed by atoms with Crippen molar-refractivity contribution in [3.8, 4) is 0 Å². The fraction of sp³-hybridized carbons (Fsp3) is 0.421. The lowest BCUT2D eigenvalue weighted by Crippen LogP contribution is -2.12. The van der Waals surface area contributed by atoms with Gasteiger partial charge in [0.05, 0.1) is 0 Å². The van der Waals surface area contributed by atoms with Crippen molar-refractivity contribution in [2.45, 2.75) is 45.4 Å². The van der Waals surface area contributed by atoms with Crippen molar-refractivity contribution in [2.24, 2.45) is 0 Å². The van der Waals surface area contributed by atoms with E-state index in [1.54, 1.807) is 0 Å². The number of nitrogens with zero attached hydrogens (tertiary/aromatic N) is 1. The number of benzene rings is 1. The molecule has 0 saturated heterocycles. The quantitative estimate of drug-likeness (QED) is 0.836. The molecule has 21 heavy (non-hydrogen) atoms. The Labute approximate surface area is 128 Å². The molecule has 1 aromatic carbocycles. The van der Waals surface area contributed by atoms with Crippen molar-refractivity contribution in [2.75, 3.05) is 11.9 Å². The lowest BCUT2D eigenvalue weighted by Gasteiger charge is -2.19. The summed E-state index contributed by atoms with van der Waals surface area (Å²) in [6.07, 6.45) is 3.08. The third-order valence-corrected chi connectivity index (χ3v) is 3.88. The predicted octanol–water partition coefficient (Wildman–Crippen LogP) is 4.98. The lowest BCUT2D eigenvalue weighted by molar-refractivity contribution is 0.587. The van der Waals surface area contributed by atoms with Gasteiger partial charge in [-0.3, -0.25) is 0 Å². The molecule has 1 heterocycles. The first kappa shape index (κ1) is 15.6. The number of nitrogens with one attached hydrogen (secondary N) is 1. The van der Waals surface area contributed by atoms with E-state index in [9.17, 15) is 0 Å². The first-order chi connectivity index (χ1) is 9.97. The maximum absolute atomic E-state index is 4.50. The standard InChI is InChI=1S/C19H26N2/c1-15(16-8-6-5-7-9-16)12-13-20-18-11-10-17(14-21-18)19(2,3)4/h5-11,14-15H,12-13H2,1-4H3,(H,20,21). The highest BCUT2D eigenvalue weighted by Crippen LogP contribution is 2.22. The second-order valence-electron chi connectivity index (χ2n) is 6.71. The van der Waals surface area contributed by atoms with Gasteiger partial charge in [-0.15, -0.1) is 0 Å². The van der Waals surface area contributed by atoms with Gasteiger partial charge < -0.3 is 5.32 Å². The molecule has 0 aliphatic rings. The Balaban J connectivity index is 1.84. The maximum Gasteiger partial charge on any atom is 0.125 e. The van der Waals surface area contributed by atoms with E-state index in [0.29, 0.717) is 5.92 Å². The normalized spacial score (nSPS) is 13.0. The molecular formula is C19H26N2. The Bertz CT molecular complexity index is 538. The summed E-state index contributed by atoms with van der Waals surface area (Å²) in [5, 5.41) is 3.41. The van der Waals surface area contributed by atoms with Crippen LogP contribution in [0, 0.1) is 0 Å². The minimum Gasteiger partial charge on any atom is -0.370 e. The molecule has 1 aromatic heterocycles. The first-order valence-corrected chi connectivity index (χ1v) is 7.72. The highest BCUT2D eigenvalue weighted by molar-refractivity contribution is 5.37. The predicted molar refractivity (Wildman–Crippen MR) is 90.9 cm³/mol. The molecule has 0 radical (unpaired) electrons. The third kappa shape index (κ3) is 4.59.